The number of anilines is 1. The molecule has 1 saturated carbocycles. The number of benzene rings is 2. The second kappa shape index (κ2) is 10.5. The molecule has 0 aromatic heterocycles. The van der Waals surface area contributed by atoms with E-state index >= 15 is 0 Å². The van der Waals surface area contributed by atoms with Crippen LogP contribution in [0.15, 0.2) is 24.3 Å². The van der Waals surface area contributed by atoms with Gasteiger partial charge in [-0.2, -0.15) is 0 Å². The maximum Gasteiger partial charge on any atom is 0.256 e. The summed E-state index contributed by atoms with van der Waals surface area (Å²) in [6.07, 6.45) is 3.25. The van der Waals surface area contributed by atoms with Crippen molar-refractivity contribution in [3.63, 3.8) is 0 Å². The van der Waals surface area contributed by atoms with Gasteiger partial charge < -0.3 is 15.4 Å². The Morgan fingerprint density at radius 2 is 1.81 bits per heavy atom. The molecule has 32 heavy (non-hydrogen) atoms. The lowest BCUT2D eigenvalue weighted by Gasteiger charge is -2.29. The van der Waals surface area contributed by atoms with Gasteiger partial charge in [0.1, 0.15) is 11.6 Å². The Labute approximate surface area is 191 Å². The number of nitrogens with one attached hydrogen (secondary N) is 2. The van der Waals surface area contributed by atoms with Gasteiger partial charge in [0.2, 0.25) is 0 Å². The molecule has 4 nitrogen and oxygen atoms in total. The molecular formula is C24H28ClF3N2O2. The minimum absolute atomic E-state index is 0.106. The van der Waals surface area contributed by atoms with Crippen molar-refractivity contribution in [1.29, 1.82) is 0 Å². The normalized spacial score (nSPS) is 18.5. The van der Waals surface area contributed by atoms with E-state index in [0.717, 1.165) is 37.7 Å². The molecule has 1 amide bonds. The van der Waals surface area contributed by atoms with Crippen LogP contribution in [0.5, 0.6) is 5.75 Å². The quantitative estimate of drug-likeness (QED) is 0.373. The maximum atomic E-state index is 14.4. The van der Waals surface area contributed by atoms with E-state index in [4.69, 9.17) is 16.3 Å². The lowest BCUT2D eigenvalue weighted by atomic mass is 9.85. The first-order chi connectivity index (χ1) is 15.2. The predicted octanol–water partition coefficient (Wildman–Crippen LogP) is 6.25. The van der Waals surface area contributed by atoms with Crippen molar-refractivity contribution in [2.24, 2.45) is 5.92 Å². The van der Waals surface area contributed by atoms with Gasteiger partial charge in [-0.05, 0) is 64.5 Å². The van der Waals surface area contributed by atoms with E-state index in [9.17, 15) is 18.0 Å². The molecule has 174 valence electrons. The van der Waals surface area contributed by atoms with Crippen LogP contribution in [0.2, 0.25) is 5.02 Å². The Kier molecular flexibility index (Phi) is 7.93. The van der Waals surface area contributed by atoms with Gasteiger partial charge in [0.15, 0.2) is 11.6 Å². The molecule has 0 bridgehead atoms. The Balaban J connectivity index is 1.52. The molecule has 1 aliphatic carbocycles. The molecule has 0 atom stereocenters. The van der Waals surface area contributed by atoms with Crippen LogP contribution in [0.1, 0.15) is 55.5 Å². The van der Waals surface area contributed by atoms with Gasteiger partial charge in [-0.25, -0.2) is 13.2 Å². The monoisotopic (exact) mass is 468 g/mol. The smallest absolute Gasteiger partial charge is 0.256 e. The van der Waals surface area contributed by atoms with Crippen molar-refractivity contribution in [1.82, 2.24) is 5.32 Å². The molecule has 0 saturated heterocycles. The zero-order chi connectivity index (χ0) is 23.4. The highest BCUT2D eigenvalue weighted by atomic mass is 35.5. The van der Waals surface area contributed by atoms with Gasteiger partial charge in [0.25, 0.3) is 5.91 Å². The molecule has 0 aliphatic heterocycles. The predicted molar refractivity (Wildman–Crippen MR) is 120 cm³/mol. The summed E-state index contributed by atoms with van der Waals surface area (Å²) in [6.45, 7) is 5.82. The SMILES string of the molecule is Cc1c(F)c(F)c(Cl)c(C(=O)NC2CCC(CNc3cccc(OC(C)C)c3)CC2)c1F. The summed E-state index contributed by atoms with van der Waals surface area (Å²) in [5, 5.41) is 5.32. The number of halogens is 4. The molecule has 1 aliphatic rings. The Hall–Kier alpha value is -2.41. The number of hydrogen-bond donors (Lipinski definition) is 2. The standard InChI is InChI=1S/C24H28ClF3N2O2/c1-13(2)32-18-6-4-5-17(11-18)29-12-15-7-9-16(10-8-15)30-24(31)19-20(25)23(28)22(27)14(3)21(19)26/h4-6,11,13,15-16,29H,7-10,12H2,1-3H3,(H,30,31). The second-order valence-corrected chi connectivity index (χ2v) is 8.90. The molecular weight excluding hydrogens is 441 g/mol. The van der Waals surface area contributed by atoms with E-state index in [1.807, 2.05) is 38.1 Å². The van der Waals surface area contributed by atoms with Crippen molar-refractivity contribution in [3.05, 3.63) is 57.9 Å². The number of amides is 1. The lowest BCUT2D eigenvalue weighted by molar-refractivity contribution is 0.0918. The Morgan fingerprint density at radius 1 is 1.12 bits per heavy atom. The Morgan fingerprint density at radius 3 is 2.47 bits per heavy atom. The van der Waals surface area contributed by atoms with Crippen LogP contribution in [0, 0.1) is 30.3 Å². The average Bonchev–Trinajstić information content (AvgIpc) is 2.76. The number of carbonyl (C=O) groups is 1. The number of ether oxygens (including phenoxy) is 1. The molecule has 8 heteroatoms. The Bertz CT molecular complexity index is 947. The third-order valence-electron chi connectivity index (χ3n) is 5.69. The zero-order valence-corrected chi connectivity index (χ0v) is 19.2. The molecule has 0 spiro atoms. The van der Waals surface area contributed by atoms with Crippen LogP contribution in [0.25, 0.3) is 0 Å². The summed E-state index contributed by atoms with van der Waals surface area (Å²) in [5.74, 6) is -3.50. The van der Waals surface area contributed by atoms with Crippen molar-refractivity contribution in [2.75, 3.05) is 11.9 Å². The third kappa shape index (κ3) is 5.68. The van der Waals surface area contributed by atoms with Crippen molar-refractivity contribution in [2.45, 2.75) is 58.6 Å². The number of carbonyl (C=O) groups excluding carboxylic acids is 1. The van der Waals surface area contributed by atoms with Gasteiger partial charge in [0, 0.05) is 29.9 Å². The fourth-order valence-corrected chi connectivity index (χ4v) is 4.18. The summed E-state index contributed by atoms with van der Waals surface area (Å²) >= 11 is 5.72. The fraction of sp³-hybridized carbons (Fsp3) is 0.458. The number of hydrogen-bond acceptors (Lipinski definition) is 3. The first-order valence-corrected chi connectivity index (χ1v) is 11.2. The molecule has 2 aromatic rings. The van der Waals surface area contributed by atoms with Gasteiger partial charge in [-0.15, -0.1) is 0 Å². The zero-order valence-electron chi connectivity index (χ0n) is 18.4. The molecule has 0 unspecified atom stereocenters. The van der Waals surface area contributed by atoms with E-state index in [1.54, 1.807) is 0 Å². The third-order valence-corrected chi connectivity index (χ3v) is 6.05. The first-order valence-electron chi connectivity index (χ1n) is 10.8. The van der Waals surface area contributed by atoms with Crippen LogP contribution < -0.4 is 15.4 Å². The van der Waals surface area contributed by atoms with Crippen LogP contribution >= 0.6 is 11.6 Å². The average molecular weight is 469 g/mol. The van der Waals surface area contributed by atoms with Crippen molar-refractivity contribution in [3.8, 4) is 5.75 Å². The van der Waals surface area contributed by atoms with Gasteiger partial charge in [-0.1, -0.05) is 17.7 Å². The van der Waals surface area contributed by atoms with Crippen molar-refractivity contribution >= 4 is 23.2 Å². The van der Waals surface area contributed by atoms with E-state index < -0.39 is 39.5 Å². The van der Waals surface area contributed by atoms with Crippen LogP contribution in [0.3, 0.4) is 0 Å². The van der Waals surface area contributed by atoms with E-state index in [2.05, 4.69) is 10.6 Å². The summed E-state index contributed by atoms with van der Waals surface area (Å²) in [5.41, 5.74) is -0.220. The van der Waals surface area contributed by atoms with Crippen molar-refractivity contribution < 1.29 is 22.7 Å². The van der Waals surface area contributed by atoms with E-state index in [0.29, 0.717) is 18.8 Å². The molecule has 1 fully saturated rings. The number of rotatable bonds is 7. The largest absolute Gasteiger partial charge is 0.491 e. The minimum Gasteiger partial charge on any atom is -0.491 e. The van der Waals surface area contributed by atoms with Crippen LogP contribution in [0.4, 0.5) is 18.9 Å². The molecule has 2 N–H and O–H groups in total. The molecule has 3 rings (SSSR count). The molecule has 0 heterocycles. The summed E-state index contributed by atoms with van der Waals surface area (Å²) in [6, 6.07) is 7.64. The second-order valence-electron chi connectivity index (χ2n) is 8.52. The van der Waals surface area contributed by atoms with Gasteiger partial charge in [0.05, 0.1) is 16.7 Å². The molecule has 2 aromatic carbocycles. The van der Waals surface area contributed by atoms with Crippen LogP contribution in [-0.4, -0.2) is 24.6 Å². The lowest BCUT2D eigenvalue weighted by Crippen LogP contribution is -2.39. The summed E-state index contributed by atoms with van der Waals surface area (Å²) < 4.78 is 47.6. The van der Waals surface area contributed by atoms with E-state index in [-0.39, 0.29) is 12.1 Å². The van der Waals surface area contributed by atoms with Crippen LogP contribution in [-0.2, 0) is 0 Å². The summed E-state index contributed by atoms with van der Waals surface area (Å²) in [7, 11) is 0. The highest BCUT2D eigenvalue weighted by molar-refractivity contribution is 6.34. The minimum atomic E-state index is -1.41. The van der Waals surface area contributed by atoms with Gasteiger partial charge >= 0.3 is 0 Å². The molecule has 0 radical (unpaired) electrons. The highest BCUT2D eigenvalue weighted by Crippen LogP contribution is 2.30. The topological polar surface area (TPSA) is 50.4 Å². The summed E-state index contributed by atoms with van der Waals surface area (Å²) in [4.78, 5) is 12.5. The first kappa shape index (κ1) is 24.2. The fourth-order valence-electron chi connectivity index (χ4n) is 3.93. The highest BCUT2D eigenvalue weighted by Gasteiger charge is 2.29. The maximum absolute atomic E-state index is 14.4. The van der Waals surface area contributed by atoms with Gasteiger partial charge in [-0.3, -0.25) is 4.79 Å². The van der Waals surface area contributed by atoms with E-state index in [1.165, 1.54) is 0 Å².